The van der Waals surface area contributed by atoms with E-state index in [1.165, 1.54) is 51.4 Å². The Morgan fingerprint density at radius 2 is 1.44 bits per heavy atom. The largest absolute Gasteiger partial charge is 0.457 e. The van der Waals surface area contributed by atoms with Gasteiger partial charge in [0, 0.05) is 6.42 Å². The van der Waals surface area contributed by atoms with Crippen molar-refractivity contribution in [2.24, 2.45) is 0 Å². The number of amides is 1. The van der Waals surface area contributed by atoms with Gasteiger partial charge in [0.15, 0.2) is 6.29 Å². The number of hydrogen-bond donors (Lipinski definition) is 6. The van der Waals surface area contributed by atoms with E-state index in [2.05, 4.69) is 12.2 Å². The Kier molecular flexibility index (Phi) is 19.1. The Balaban J connectivity index is 1.49. The van der Waals surface area contributed by atoms with Gasteiger partial charge >= 0.3 is 0 Å². The molecule has 0 saturated carbocycles. The molecule has 10 nitrogen and oxygen atoms in total. The molecule has 1 amide bonds. The average molecular weight is 674 g/mol. The lowest BCUT2D eigenvalue weighted by Crippen LogP contribution is -2.55. The topological polar surface area (TPSA) is 158 Å². The molecule has 0 radical (unpaired) electrons. The van der Waals surface area contributed by atoms with Crippen LogP contribution in [0.4, 0.5) is 0 Å². The van der Waals surface area contributed by atoms with Crippen LogP contribution in [0.15, 0.2) is 54.6 Å². The monoisotopic (exact) mass is 673 g/mol. The third-order valence-electron chi connectivity index (χ3n) is 8.92. The predicted molar refractivity (Wildman–Crippen MR) is 185 cm³/mol. The average Bonchev–Trinajstić information content (AvgIpc) is 3.09. The van der Waals surface area contributed by atoms with Crippen molar-refractivity contribution in [3.8, 4) is 11.5 Å². The van der Waals surface area contributed by atoms with Gasteiger partial charge in [-0.2, -0.15) is 0 Å². The summed E-state index contributed by atoms with van der Waals surface area (Å²) in [4.78, 5) is 13.1. The molecule has 0 spiro atoms. The van der Waals surface area contributed by atoms with E-state index >= 15 is 0 Å². The normalized spacial score (nSPS) is 21.4. The number of rotatable bonds is 24. The molecule has 1 fully saturated rings. The van der Waals surface area contributed by atoms with Crippen molar-refractivity contribution in [2.75, 3.05) is 13.2 Å². The summed E-state index contributed by atoms with van der Waals surface area (Å²) in [5.41, 5.74) is 0.721. The molecule has 1 heterocycles. The van der Waals surface area contributed by atoms with Gasteiger partial charge in [0.2, 0.25) is 5.91 Å². The lowest BCUT2D eigenvalue weighted by Gasteiger charge is -2.37. The first-order valence-corrected chi connectivity index (χ1v) is 18.0. The highest BCUT2D eigenvalue weighted by Gasteiger charge is 2.38. The molecule has 3 rings (SSSR count). The number of unbranched alkanes of at least 4 members (excludes halogenated alkanes) is 11. The molecule has 6 N–H and O–H groups in total. The van der Waals surface area contributed by atoms with Gasteiger partial charge < -0.3 is 45.1 Å². The van der Waals surface area contributed by atoms with Crippen LogP contribution in [0.3, 0.4) is 0 Å². The minimum atomic E-state index is -1.37. The van der Waals surface area contributed by atoms with Crippen molar-refractivity contribution in [2.45, 2.75) is 146 Å². The lowest BCUT2D eigenvalue weighted by molar-refractivity contribution is -0.274. The van der Waals surface area contributed by atoms with E-state index in [9.17, 15) is 30.3 Å². The highest BCUT2D eigenvalue weighted by Crippen LogP contribution is 2.23. The predicted octanol–water partition coefficient (Wildman–Crippen LogP) is 5.16. The summed E-state index contributed by atoms with van der Waals surface area (Å²) >= 11 is 0. The smallest absolute Gasteiger partial charge is 0.224 e. The second-order valence-corrected chi connectivity index (χ2v) is 13.1. The van der Waals surface area contributed by atoms with Gasteiger partial charge in [-0.05, 0) is 36.2 Å². The molecule has 48 heavy (non-hydrogen) atoms. The minimum Gasteiger partial charge on any atom is -0.457 e. The Bertz CT molecular complexity index is 1120. The van der Waals surface area contributed by atoms with Crippen molar-refractivity contribution < 1.29 is 44.5 Å². The molecular weight excluding hydrogens is 614 g/mol. The van der Waals surface area contributed by atoms with E-state index in [1.54, 1.807) is 24.3 Å². The second-order valence-electron chi connectivity index (χ2n) is 13.1. The van der Waals surface area contributed by atoms with E-state index in [0.29, 0.717) is 17.9 Å². The third-order valence-corrected chi connectivity index (χ3v) is 8.92. The first-order valence-electron chi connectivity index (χ1n) is 18.0. The molecule has 10 heteroatoms. The summed E-state index contributed by atoms with van der Waals surface area (Å²) in [5, 5.41) is 54.9. The summed E-state index contributed by atoms with van der Waals surface area (Å²) in [5.74, 6) is 0.935. The van der Waals surface area contributed by atoms with Crippen molar-refractivity contribution >= 4 is 5.91 Å². The van der Waals surface area contributed by atoms with Crippen LogP contribution in [0.1, 0.15) is 102 Å². The van der Waals surface area contributed by atoms with E-state index < -0.39 is 48.8 Å². The fourth-order valence-electron chi connectivity index (χ4n) is 5.97. The van der Waals surface area contributed by atoms with Crippen LogP contribution in [0, 0.1) is 0 Å². The van der Waals surface area contributed by atoms with E-state index in [0.717, 1.165) is 31.2 Å². The number of benzene rings is 2. The van der Waals surface area contributed by atoms with Crippen molar-refractivity contribution in [1.29, 1.82) is 0 Å². The minimum absolute atomic E-state index is 0.0114. The Morgan fingerprint density at radius 3 is 2.04 bits per heavy atom. The van der Waals surface area contributed by atoms with Gasteiger partial charge in [-0.15, -0.1) is 0 Å². The molecule has 0 bridgehead atoms. The van der Waals surface area contributed by atoms with Crippen LogP contribution in [-0.4, -0.2) is 87.5 Å². The van der Waals surface area contributed by atoms with Crippen molar-refractivity contribution in [1.82, 2.24) is 5.32 Å². The Morgan fingerprint density at radius 1 is 0.854 bits per heavy atom. The molecule has 1 aliphatic heterocycles. The maximum absolute atomic E-state index is 13.1. The highest BCUT2D eigenvalue weighted by molar-refractivity contribution is 5.79. The van der Waals surface area contributed by atoms with Gasteiger partial charge in [-0.1, -0.05) is 114 Å². The van der Waals surface area contributed by atoms with Gasteiger partial charge in [-0.25, -0.2) is 0 Å². The summed E-state index contributed by atoms with van der Waals surface area (Å²) in [6.45, 7) is 1.58. The summed E-state index contributed by atoms with van der Waals surface area (Å²) in [6, 6.07) is 15.5. The molecule has 2 aromatic rings. The number of aliphatic hydroxyl groups excluding tert-OH is 5. The number of aliphatic hydroxyl groups is 5. The molecule has 1 aliphatic rings. The first kappa shape index (κ1) is 39.9. The fraction of sp³-hybridized carbons (Fsp3) is 0.658. The number of nitrogens with one attached hydrogen (secondary N) is 1. The first-order chi connectivity index (χ1) is 23.3. The standard InChI is InChI=1S/C38H59NO9/c1-2-3-4-5-6-7-8-9-10-11-12-16-19-33(41)36(44)32(27-46-38-37(45)34(42)25-31(26-40)48-38)39-35(43)24-28-20-22-30(23-21-28)47-29-17-14-13-15-18-29/h13-15,17-18,20-23,31-34,36-38,40-42,44-45H,2-12,16,19,24-27H2,1H3,(H,39,43)/t31?,32-,33+,34?,36-,37-,38-/m0/s1. The zero-order valence-corrected chi connectivity index (χ0v) is 28.6. The number of para-hydroxylation sites is 1. The summed E-state index contributed by atoms with van der Waals surface area (Å²) in [6.07, 6.45) is 7.70. The van der Waals surface area contributed by atoms with Crippen LogP contribution in [0.25, 0.3) is 0 Å². The SMILES string of the molecule is CCCCCCCCCCCCCC[C@@H](O)[C@@H](O)[C@H](CO[C@H]1OC(CO)CC(O)[C@@H]1O)NC(=O)Cc1ccc(Oc2ccccc2)cc1. The van der Waals surface area contributed by atoms with Gasteiger partial charge in [0.1, 0.15) is 23.7 Å². The third kappa shape index (κ3) is 14.9. The molecule has 0 aromatic heterocycles. The van der Waals surface area contributed by atoms with Crippen LogP contribution in [0.5, 0.6) is 11.5 Å². The van der Waals surface area contributed by atoms with Gasteiger partial charge in [-0.3, -0.25) is 4.79 Å². The molecular formula is C38H59NO9. The Hall–Kier alpha value is -2.57. The summed E-state index contributed by atoms with van der Waals surface area (Å²) in [7, 11) is 0. The number of ether oxygens (including phenoxy) is 3. The molecule has 0 aliphatic carbocycles. The van der Waals surface area contributed by atoms with E-state index in [1.807, 2.05) is 30.3 Å². The molecule has 2 aromatic carbocycles. The number of carbonyl (C=O) groups is 1. The molecule has 1 saturated heterocycles. The van der Waals surface area contributed by atoms with E-state index in [-0.39, 0.29) is 26.1 Å². The van der Waals surface area contributed by atoms with Crippen LogP contribution < -0.4 is 10.1 Å². The van der Waals surface area contributed by atoms with Crippen molar-refractivity contribution in [3.63, 3.8) is 0 Å². The zero-order chi connectivity index (χ0) is 34.6. The summed E-state index contributed by atoms with van der Waals surface area (Å²) < 4.78 is 17.1. The highest BCUT2D eigenvalue weighted by atomic mass is 16.7. The fourth-order valence-corrected chi connectivity index (χ4v) is 5.97. The Labute approximate surface area is 286 Å². The van der Waals surface area contributed by atoms with Gasteiger partial charge in [0.25, 0.3) is 0 Å². The van der Waals surface area contributed by atoms with Crippen LogP contribution >= 0.6 is 0 Å². The zero-order valence-electron chi connectivity index (χ0n) is 28.6. The number of carbonyl (C=O) groups excluding carboxylic acids is 1. The molecule has 7 atom stereocenters. The van der Waals surface area contributed by atoms with E-state index in [4.69, 9.17) is 14.2 Å². The van der Waals surface area contributed by atoms with Crippen molar-refractivity contribution in [3.05, 3.63) is 60.2 Å². The number of hydrogen-bond acceptors (Lipinski definition) is 9. The molecule has 2 unspecified atom stereocenters. The van der Waals surface area contributed by atoms with Crippen LogP contribution in [0.2, 0.25) is 0 Å². The second kappa shape index (κ2) is 22.9. The maximum atomic E-state index is 13.1. The van der Waals surface area contributed by atoms with Gasteiger partial charge in [0.05, 0.1) is 44.0 Å². The quantitative estimate of drug-likeness (QED) is 0.0828. The maximum Gasteiger partial charge on any atom is 0.224 e. The lowest BCUT2D eigenvalue weighted by atomic mass is 9.99. The van der Waals surface area contributed by atoms with Crippen LogP contribution in [-0.2, 0) is 20.7 Å². The molecule has 270 valence electrons.